The molecule has 2 aromatic rings. The molecule has 0 saturated heterocycles. The number of nitrogens with zero attached hydrogens (tertiary/aromatic N) is 4. The number of carbonyl (C=O) groups excluding carboxylic acids is 1. The third-order valence-corrected chi connectivity index (χ3v) is 1.99. The highest BCUT2D eigenvalue weighted by Crippen LogP contribution is 2.07. The topological polar surface area (TPSA) is 112 Å². The van der Waals surface area contributed by atoms with E-state index in [1.807, 2.05) is 0 Å². The second-order valence-corrected chi connectivity index (χ2v) is 3.49. The summed E-state index contributed by atoms with van der Waals surface area (Å²) in [7, 11) is 0. The van der Waals surface area contributed by atoms with Gasteiger partial charge < -0.3 is 10.3 Å². The van der Waals surface area contributed by atoms with Gasteiger partial charge in [-0.05, 0) is 6.92 Å². The quantitative estimate of drug-likeness (QED) is 0.751. The molecule has 3 N–H and O–H groups in total. The SMILES string of the molecule is Cc1cc(NC(=O)Cn2cc(CN)nn2)on1. The van der Waals surface area contributed by atoms with E-state index in [2.05, 4.69) is 20.8 Å². The summed E-state index contributed by atoms with van der Waals surface area (Å²) in [6.45, 7) is 2.11. The number of nitrogens with one attached hydrogen (secondary N) is 1. The Bertz CT molecular complexity index is 517. The molecular formula is C9H12N6O2. The molecule has 0 unspecified atom stereocenters. The fraction of sp³-hybridized carbons (Fsp3) is 0.333. The lowest BCUT2D eigenvalue weighted by Crippen LogP contribution is -2.18. The highest BCUT2D eigenvalue weighted by Gasteiger charge is 2.08. The summed E-state index contributed by atoms with van der Waals surface area (Å²) in [4.78, 5) is 11.6. The van der Waals surface area contributed by atoms with Gasteiger partial charge in [-0.2, -0.15) is 0 Å². The molecule has 17 heavy (non-hydrogen) atoms. The lowest BCUT2D eigenvalue weighted by atomic mass is 10.4. The fourth-order valence-corrected chi connectivity index (χ4v) is 1.26. The number of hydrogen-bond acceptors (Lipinski definition) is 6. The molecule has 2 heterocycles. The van der Waals surface area contributed by atoms with Crippen molar-refractivity contribution in [1.82, 2.24) is 20.2 Å². The van der Waals surface area contributed by atoms with Crippen LogP contribution in [0.1, 0.15) is 11.4 Å². The van der Waals surface area contributed by atoms with Crippen LogP contribution in [0.4, 0.5) is 5.88 Å². The van der Waals surface area contributed by atoms with E-state index in [0.717, 1.165) is 0 Å². The van der Waals surface area contributed by atoms with Crippen LogP contribution in [-0.2, 0) is 17.9 Å². The minimum Gasteiger partial charge on any atom is -0.338 e. The maximum absolute atomic E-state index is 11.6. The second-order valence-electron chi connectivity index (χ2n) is 3.49. The number of anilines is 1. The third kappa shape index (κ3) is 2.88. The average Bonchev–Trinajstić information content (AvgIpc) is 2.88. The van der Waals surface area contributed by atoms with Gasteiger partial charge in [-0.25, -0.2) is 4.68 Å². The largest absolute Gasteiger partial charge is 0.338 e. The van der Waals surface area contributed by atoms with Crippen molar-refractivity contribution in [3.63, 3.8) is 0 Å². The standard InChI is InChI=1S/C9H12N6O2/c1-6-2-9(17-13-6)11-8(16)5-15-4-7(3-10)12-14-15/h2,4H,3,5,10H2,1H3,(H,11,16). The Morgan fingerprint density at radius 2 is 2.47 bits per heavy atom. The highest BCUT2D eigenvalue weighted by atomic mass is 16.5. The van der Waals surface area contributed by atoms with Crippen LogP contribution in [0, 0.1) is 6.92 Å². The smallest absolute Gasteiger partial charge is 0.248 e. The van der Waals surface area contributed by atoms with E-state index in [9.17, 15) is 4.79 Å². The second kappa shape index (κ2) is 4.74. The van der Waals surface area contributed by atoms with E-state index in [1.54, 1.807) is 19.2 Å². The first-order valence-electron chi connectivity index (χ1n) is 4.99. The van der Waals surface area contributed by atoms with E-state index >= 15 is 0 Å². The first-order chi connectivity index (χ1) is 8.17. The average molecular weight is 236 g/mol. The maximum Gasteiger partial charge on any atom is 0.248 e. The van der Waals surface area contributed by atoms with Gasteiger partial charge in [-0.3, -0.25) is 10.1 Å². The molecule has 2 aromatic heterocycles. The molecule has 0 saturated carbocycles. The van der Waals surface area contributed by atoms with E-state index in [4.69, 9.17) is 10.3 Å². The third-order valence-electron chi connectivity index (χ3n) is 1.99. The molecule has 0 bridgehead atoms. The van der Waals surface area contributed by atoms with E-state index in [0.29, 0.717) is 23.8 Å². The molecule has 2 rings (SSSR count). The summed E-state index contributed by atoms with van der Waals surface area (Å²) in [5.41, 5.74) is 6.71. The molecule has 8 heteroatoms. The van der Waals surface area contributed by atoms with Crippen molar-refractivity contribution >= 4 is 11.8 Å². The first kappa shape index (κ1) is 11.3. The number of aromatic nitrogens is 4. The Hall–Kier alpha value is -2.22. The van der Waals surface area contributed by atoms with E-state index in [1.165, 1.54) is 4.68 Å². The van der Waals surface area contributed by atoms with Gasteiger partial charge >= 0.3 is 0 Å². The van der Waals surface area contributed by atoms with Gasteiger partial charge in [0.15, 0.2) is 0 Å². The fourth-order valence-electron chi connectivity index (χ4n) is 1.26. The van der Waals surface area contributed by atoms with Crippen molar-refractivity contribution in [2.45, 2.75) is 20.0 Å². The molecule has 0 aliphatic carbocycles. The lowest BCUT2D eigenvalue weighted by Gasteiger charge is -1.99. The zero-order valence-corrected chi connectivity index (χ0v) is 9.25. The Labute approximate surface area is 96.8 Å². The molecule has 0 aromatic carbocycles. The number of aryl methyl sites for hydroxylation is 1. The predicted molar refractivity (Wildman–Crippen MR) is 57.8 cm³/mol. The number of rotatable bonds is 4. The van der Waals surface area contributed by atoms with Crippen LogP contribution in [-0.4, -0.2) is 26.1 Å². The Morgan fingerprint density at radius 3 is 3.06 bits per heavy atom. The van der Waals surface area contributed by atoms with Crippen LogP contribution in [0.15, 0.2) is 16.8 Å². The molecular weight excluding hydrogens is 224 g/mol. The van der Waals surface area contributed by atoms with Crippen molar-refractivity contribution in [2.24, 2.45) is 5.73 Å². The monoisotopic (exact) mass is 236 g/mol. The molecule has 1 amide bonds. The maximum atomic E-state index is 11.6. The molecule has 8 nitrogen and oxygen atoms in total. The zero-order chi connectivity index (χ0) is 12.3. The van der Waals surface area contributed by atoms with Gasteiger partial charge in [0.05, 0.1) is 17.6 Å². The van der Waals surface area contributed by atoms with Crippen molar-refractivity contribution in [2.75, 3.05) is 5.32 Å². The summed E-state index contributed by atoms with van der Waals surface area (Å²) >= 11 is 0. The number of carbonyl (C=O) groups is 1. The zero-order valence-electron chi connectivity index (χ0n) is 9.25. The van der Waals surface area contributed by atoms with Crippen molar-refractivity contribution < 1.29 is 9.32 Å². The minimum atomic E-state index is -0.269. The molecule has 0 spiro atoms. The molecule has 0 fully saturated rings. The van der Waals surface area contributed by atoms with Gasteiger partial charge in [-0.1, -0.05) is 10.4 Å². The van der Waals surface area contributed by atoms with Gasteiger partial charge in [-0.15, -0.1) is 5.10 Å². The minimum absolute atomic E-state index is 0.0484. The van der Waals surface area contributed by atoms with Crippen LogP contribution in [0.25, 0.3) is 0 Å². The predicted octanol–water partition coefficient (Wildman–Crippen LogP) is -0.328. The summed E-state index contributed by atoms with van der Waals surface area (Å²) in [6, 6.07) is 1.63. The first-order valence-corrected chi connectivity index (χ1v) is 4.99. The van der Waals surface area contributed by atoms with Gasteiger partial charge in [0.2, 0.25) is 11.8 Å². The molecule has 0 atom stereocenters. The van der Waals surface area contributed by atoms with Crippen LogP contribution in [0.2, 0.25) is 0 Å². The van der Waals surface area contributed by atoms with Crippen LogP contribution in [0.5, 0.6) is 0 Å². The number of amides is 1. The highest BCUT2D eigenvalue weighted by molar-refractivity contribution is 5.89. The van der Waals surface area contributed by atoms with E-state index < -0.39 is 0 Å². The number of nitrogens with two attached hydrogens (primary N) is 1. The van der Waals surface area contributed by atoms with Gasteiger partial charge in [0.1, 0.15) is 6.54 Å². The summed E-state index contributed by atoms with van der Waals surface area (Å²) in [6.07, 6.45) is 1.62. The molecule has 90 valence electrons. The van der Waals surface area contributed by atoms with Crippen LogP contribution in [0.3, 0.4) is 0 Å². The van der Waals surface area contributed by atoms with Crippen molar-refractivity contribution in [3.8, 4) is 0 Å². The molecule has 0 radical (unpaired) electrons. The van der Waals surface area contributed by atoms with E-state index in [-0.39, 0.29) is 12.5 Å². The number of hydrogen-bond donors (Lipinski definition) is 2. The Morgan fingerprint density at radius 1 is 1.65 bits per heavy atom. The summed E-state index contributed by atoms with van der Waals surface area (Å²) in [5, 5.41) is 13.7. The Balaban J connectivity index is 1.93. The lowest BCUT2D eigenvalue weighted by molar-refractivity contribution is -0.117. The molecule has 0 aliphatic rings. The Kier molecular flexibility index (Phi) is 3.15. The molecule has 0 aliphatic heterocycles. The summed E-state index contributed by atoms with van der Waals surface area (Å²) in [5.74, 6) is 0.0429. The van der Waals surface area contributed by atoms with Crippen molar-refractivity contribution in [1.29, 1.82) is 0 Å². The van der Waals surface area contributed by atoms with Gasteiger partial charge in [0, 0.05) is 12.6 Å². The van der Waals surface area contributed by atoms with Crippen LogP contribution >= 0.6 is 0 Å². The normalized spacial score (nSPS) is 10.5. The summed E-state index contributed by atoms with van der Waals surface area (Å²) < 4.78 is 6.26. The van der Waals surface area contributed by atoms with Crippen LogP contribution < -0.4 is 11.1 Å². The van der Waals surface area contributed by atoms with Gasteiger partial charge in [0.25, 0.3) is 0 Å². The van der Waals surface area contributed by atoms with Crippen molar-refractivity contribution in [3.05, 3.63) is 23.7 Å².